The molecule has 12 heavy (non-hydrogen) atoms. The molecule has 62 valence electrons. The molecule has 1 aliphatic rings. The van der Waals surface area contributed by atoms with Crippen LogP contribution in [0, 0.1) is 0 Å². The third-order valence-corrected chi connectivity index (χ3v) is 2.25. The summed E-state index contributed by atoms with van der Waals surface area (Å²) in [5.74, 6) is 0. The summed E-state index contributed by atoms with van der Waals surface area (Å²) in [5, 5.41) is 0. The Morgan fingerprint density at radius 2 is 2.33 bits per heavy atom. The molecule has 1 unspecified atom stereocenters. The molecule has 0 radical (unpaired) electrons. The van der Waals surface area contributed by atoms with E-state index in [1.807, 2.05) is 12.3 Å². The maximum atomic E-state index is 4.16. The highest BCUT2D eigenvalue weighted by Gasteiger charge is 2.15. The molecular formula is C9H11N3. The van der Waals surface area contributed by atoms with E-state index in [9.17, 15) is 0 Å². The third kappa shape index (κ3) is 0.978. The highest BCUT2D eigenvalue weighted by atomic mass is 15.1. The van der Waals surface area contributed by atoms with Crippen LogP contribution in [0.4, 0.5) is 5.69 Å². The minimum atomic E-state index is 0.434. The van der Waals surface area contributed by atoms with Gasteiger partial charge in [-0.05, 0) is 13.0 Å². The molecule has 0 amide bonds. The third-order valence-electron chi connectivity index (χ3n) is 2.25. The van der Waals surface area contributed by atoms with Gasteiger partial charge >= 0.3 is 0 Å². The average Bonchev–Trinajstić information content (AvgIpc) is 2.12. The quantitative estimate of drug-likeness (QED) is 0.574. The van der Waals surface area contributed by atoms with Gasteiger partial charge in [0, 0.05) is 13.1 Å². The van der Waals surface area contributed by atoms with Gasteiger partial charge in [0.05, 0.1) is 17.6 Å². The van der Waals surface area contributed by atoms with Gasteiger partial charge in [0.15, 0.2) is 0 Å². The van der Waals surface area contributed by atoms with Gasteiger partial charge in [-0.25, -0.2) is 9.97 Å². The molecule has 0 bridgehead atoms. The van der Waals surface area contributed by atoms with Crippen LogP contribution in [-0.4, -0.2) is 23.1 Å². The number of hydrogen-bond acceptors (Lipinski definition) is 3. The van der Waals surface area contributed by atoms with Crippen molar-refractivity contribution in [2.24, 2.45) is 0 Å². The molecule has 0 fully saturated rings. The SMILES string of the molecule is CC1C=Cc2ncncc2N1C. The van der Waals surface area contributed by atoms with Crippen molar-refractivity contribution in [3.05, 3.63) is 24.3 Å². The first-order chi connectivity index (χ1) is 5.79. The number of likely N-dealkylation sites (N-methyl/N-ethyl adjacent to an activating group) is 1. The van der Waals surface area contributed by atoms with E-state index in [-0.39, 0.29) is 0 Å². The zero-order valence-corrected chi connectivity index (χ0v) is 7.23. The second kappa shape index (κ2) is 2.59. The Morgan fingerprint density at radius 1 is 1.50 bits per heavy atom. The van der Waals surface area contributed by atoms with Crippen LogP contribution in [0.3, 0.4) is 0 Å². The summed E-state index contributed by atoms with van der Waals surface area (Å²) in [4.78, 5) is 10.3. The van der Waals surface area contributed by atoms with Crippen LogP contribution < -0.4 is 4.90 Å². The Labute approximate surface area is 71.8 Å². The molecule has 0 saturated carbocycles. The van der Waals surface area contributed by atoms with Crippen molar-refractivity contribution >= 4 is 11.8 Å². The number of anilines is 1. The van der Waals surface area contributed by atoms with Crippen molar-refractivity contribution in [2.45, 2.75) is 13.0 Å². The van der Waals surface area contributed by atoms with E-state index < -0.39 is 0 Å². The summed E-state index contributed by atoms with van der Waals surface area (Å²) in [6, 6.07) is 0.434. The molecule has 0 aromatic carbocycles. The molecule has 1 aliphatic heterocycles. The Morgan fingerprint density at radius 3 is 3.17 bits per heavy atom. The summed E-state index contributed by atoms with van der Waals surface area (Å²) >= 11 is 0. The first kappa shape index (κ1) is 7.28. The monoisotopic (exact) mass is 161 g/mol. The van der Waals surface area contributed by atoms with Crippen molar-refractivity contribution in [3.8, 4) is 0 Å². The smallest absolute Gasteiger partial charge is 0.116 e. The number of hydrogen-bond donors (Lipinski definition) is 0. The molecule has 0 saturated heterocycles. The minimum Gasteiger partial charge on any atom is -0.365 e. The number of fused-ring (bicyclic) bond motifs is 1. The molecule has 2 rings (SSSR count). The van der Waals surface area contributed by atoms with E-state index in [0.717, 1.165) is 11.4 Å². The van der Waals surface area contributed by atoms with Crippen molar-refractivity contribution in [1.82, 2.24) is 9.97 Å². The average molecular weight is 161 g/mol. The predicted octanol–water partition coefficient (Wildman–Crippen LogP) is 1.33. The molecule has 0 spiro atoms. The first-order valence-electron chi connectivity index (χ1n) is 4.00. The lowest BCUT2D eigenvalue weighted by Gasteiger charge is -2.28. The Bertz CT molecular complexity index is 319. The Hall–Kier alpha value is -1.38. The molecule has 3 heteroatoms. The molecule has 1 aromatic heterocycles. The molecular weight excluding hydrogens is 150 g/mol. The van der Waals surface area contributed by atoms with Crippen molar-refractivity contribution in [2.75, 3.05) is 11.9 Å². The fourth-order valence-electron chi connectivity index (χ4n) is 1.31. The topological polar surface area (TPSA) is 29.0 Å². The Kier molecular flexibility index (Phi) is 1.57. The maximum absolute atomic E-state index is 4.16. The molecule has 0 N–H and O–H groups in total. The van der Waals surface area contributed by atoms with E-state index in [0.29, 0.717) is 6.04 Å². The first-order valence-corrected chi connectivity index (χ1v) is 4.00. The summed E-state index contributed by atoms with van der Waals surface area (Å²) < 4.78 is 0. The normalized spacial score (nSPS) is 20.8. The number of aromatic nitrogens is 2. The largest absolute Gasteiger partial charge is 0.365 e. The summed E-state index contributed by atoms with van der Waals surface area (Å²) in [7, 11) is 2.05. The highest BCUT2D eigenvalue weighted by Crippen LogP contribution is 2.23. The summed E-state index contributed by atoms with van der Waals surface area (Å²) in [5.41, 5.74) is 2.11. The lowest BCUT2D eigenvalue weighted by atomic mass is 10.1. The van der Waals surface area contributed by atoms with Crippen LogP contribution in [0.2, 0.25) is 0 Å². The van der Waals surface area contributed by atoms with Crippen molar-refractivity contribution < 1.29 is 0 Å². The number of nitrogens with zero attached hydrogens (tertiary/aromatic N) is 3. The van der Waals surface area contributed by atoms with Gasteiger partial charge in [0.25, 0.3) is 0 Å². The van der Waals surface area contributed by atoms with Gasteiger partial charge in [0.1, 0.15) is 6.33 Å². The second-order valence-electron chi connectivity index (χ2n) is 3.00. The van der Waals surface area contributed by atoms with Crippen LogP contribution in [-0.2, 0) is 0 Å². The van der Waals surface area contributed by atoms with Gasteiger partial charge in [-0.1, -0.05) is 6.08 Å². The number of rotatable bonds is 0. The van der Waals surface area contributed by atoms with Crippen LogP contribution >= 0.6 is 0 Å². The minimum absolute atomic E-state index is 0.434. The lowest BCUT2D eigenvalue weighted by Crippen LogP contribution is -2.29. The molecule has 1 aromatic rings. The lowest BCUT2D eigenvalue weighted by molar-refractivity contribution is 0.807. The molecule has 1 atom stereocenters. The van der Waals surface area contributed by atoms with Gasteiger partial charge in [-0.2, -0.15) is 0 Å². The van der Waals surface area contributed by atoms with Crippen LogP contribution in [0.5, 0.6) is 0 Å². The van der Waals surface area contributed by atoms with Crippen LogP contribution in [0.15, 0.2) is 18.6 Å². The van der Waals surface area contributed by atoms with Crippen LogP contribution in [0.1, 0.15) is 12.6 Å². The predicted molar refractivity (Wildman–Crippen MR) is 48.9 cm³/mol. The van der Waals surface area contributed by atoms with Crippen molar-refractivity contribution in [3.63, 3.8) is 0 Å². The fourth-order valence-corrected chi connectivity index (χ4v) is 1.31. The highest BCUT2D eigenvalue weighted by molar-refractivity contribution is 5.67. The molecule has 0 aliphatic carbocycles. The van der Waals surface area contributed by atoms with Gasteiger partial charge in [-0.3, -0.25) is 0 Å². The zero-order valence-electron chi connectivity index (χ0n) is 7.23. The van der Waals surface area contributed by atoms with E-state index in [2.05, 4.69) is 34.9 Å². The van der Waals surface area contributed by atoms with E-state index in [1.165, 1.54) is 0 Å². The fraction of sp³-hybridized carbons (Fsp3) is 0.333. The van der Waals surface area contributed by atoms with Crippen molar-refractivity contribution in [1.29, 1.82) is 0 Å². The Balaban J connectivity index is 2.52. The zero-order chi connectivity index (χ0) is 8.55. The van der Waals surface area contributed by atoms with E-state index in [4.69, 9.17) is 0 Å². The second-order valence-corrected chi connectivity index (χ2v) is 3.00. The standard InChI is InChI=1S/C9H11N3/c1-7-3-4-8-9(12(7)2)5-10-6-11-8/h3-7H,1-2H3. The summed E-state index contributed by atoms with van der Waals surface area (Å²) in [6.45, 7) is 2.15. The van der Waals surface area contributed by atoms with Gasteiger partial charge in [0.2, 0.25) is 0 Å². The maximum Gasteiger partial charge on any atom is 0.116 e. The van der Waals surface area contributed by atoms with Gasteiger partial charge < -0.3 is 4.90 Å². The molecule has 3 nitrogen and oxygen atoms in total. The van der Waals surface area contributed by atoms with Gasteiger partial charge in [-0.15, -0.1) is 0 Å². The van der Waals surface area contributed by atoms with E-state index >= 15 is 0 Å². The molecule has 2 heterocycles. The van der Waals surface area contributed by atoms with E-state index in [1.54, 1.807) is 6.33 Å². The summed E-state index contributed by atoms with van der Waals surface area (Å²) in [6.07, 6.45) is 7.60. The van der Waals surface area contributed by atoms with Crippen LogP contribution in [0.25, 0.3) is 6.08 Å².